The van der Waals surface area contributed by atoms with Crippen molar-refractivity contribution in [2.45, 2.75) is 33.9 Å². The second kappa shape index (κ2) is 12.8. The summed E-state index contributed by atoms with van der Waals surface area (Å²) < 4.78 is 5.62. The number of benzene rings is 2. The van der Waals surface area contributed by atoms with Crippen LogP contribution < -0.4 is 16.0 Å². The van der Waals surface area contributed by atoms with Crippen molar-refractivity contribution in [1.82, 2.24) is 20.9 Å². The van der Waals surface area contributed by atoms with Gasteiger partial charge in [0.25, 0.3) is 5.91 Å². The lowest BCUT2D eigenvalue weighted by molar-refractivity contribution is 0.0956. The van der Waals surface area contributed by atoms with Crippen LogP contribution in [0.5, 0.6) is 0 Å². The molecule has 0 fully saturated rings. The number of guanidine groups is 1. The molecule has 32 heavy (non-hydrogen) atoms. The number of amides is 1. The number of halogens is 1. The van der Waals surface area contributed by atoms with Gasteiger partial charge in [0.2, 0.25) is 5.89 Å². The molecule has 2 aromatic carbocycles. The SMILES string of the molecule is CCNC(=O)c1ccc(CN=C(NCC)NCc2coc(-c3ccc(C)cc3)n2)cc1.I. The Balaban J connectivity index is 0.00000363. The number of nitrogens with one attached hydrogen (secondary N) is 3. The molecule has 1 amide bonds. The maximum atomic E-state index is 11.9. The monoisotopic (exact) mass is 547 g/mol. The quantitative estimate of drug-likeness (QED) is 0.223. The smallest absolute Gasteiger partial charge is 0.251 e. The maximum absolute atomic E-state index is 11.9. The van der Waals surface area contributed by atoms with Gasteiger partial charge in [-0.2, -0.15) is 0 Å². The van der Waals surface area contributed by atoms with E-state index in [1.807, 2.05) is 69.3 Å². The molecular formula is C24H30IN5O2. The molecule has 1 heterocycles. The van der Waals surface area contributed by atoms with Gasteiger partial charge in [0.1, 0.15) is 6.26 Å². The van der Waals surface area contributed by atoms with Crippen molar-refractivity contribution in [3.05, 3.63) is 77.2 Å². The Morgan fingerprint density at radius 1 is 0.969 bits per heavy atom. The van der Waals surface area contributed by atoms with Gasteiger partial charge < -0.3 is 20.4 Å². The van der Waals surface area contributed by atoms with Crippen LogP contribution in [-0.4, -0.2) is 29.9 Å². The molecule has 0 aliphatic rings. The van der Waals surface area contributed by atoms with Crippen molar-refractivity contribution in [2.75, 3.05) is 13.1 Å². The third-order valence-electron chi connectivity index (χ3n) is 4.60. The fourth-order valence-corrected chi connectivity index (χ4v) is 2.93. The Morgan fingerprint density at radius 2 is 1.66 bits per heavy atom. The second-order valence-corrected chi connectivity index (χ2v) is 7.12. The molecule has 0 spiro atoms. The summed E-state index contributed by atoms with van der Waals surface area (Å²) in [5.74, 6) is 1.23. The number of carbonyl (C=O) groups excluding carboxylic acids is 1. The van der Waals surface area contributed by atoms with E-state index in [4.69, 9.17) is 4.42 Å². The van der Waals surface area contributed by atoms with E-state index in [2.05, 4.69) is 25.9 Å². The third kappa shape index (κ3) is 7.37. The van der Waals surface area contributed by atoms with E-state index in [0.29, 0.717) is 37.0 Å². The number of aromatic nitrogens is 1. The molecule has 3 rings (SSSR count). The molecule has 1 aromatic heterocycles. The van der Waals surface area contributed by atoms with Crippen LogP contribution in [0.15, 0.2) is 64.2 Å². The van der Waals surface area contributed by atoms with E-state index in [-0.39, 0.29) is 29.9 Å². The lowest BCUT2D eigenvalue weighted by atomic mass is 10.1. The van der Waals surface area contributed by atoms with Crippen LogP contribution in [0.4, 0.5) is 0 Å². The van der Waals surface area contributed by atoms with Crippen LogP contribution in [0, 0.1) is 6.92 Å². The van der Waals surface area contributed by atoms with Crippen molar-refractivity contribution in [3.63, 3.8) is 0 Å². The third-order valence-corrected chi connectivity index (χ3v) is 4.60. The van der Waals surface area contributed by atoms with Gasteiger partial charge in [-0.15, -0.1) is 24.0 Å². The largest absolute Gasteiger partial charge is 0.444 e. The van der Waals surface area contributed by atoms with Crippen molar-refractivity contribution in [1.29, 1.82) is 0 Å². The lowest BCUT2D eigenvalue weighted by Gasteiger charge is -2.10. The number of hydrogen-bond donors (Lipinski definition) is 3. The number of carbonyl (C=O) groups is 1. The van der Waals surface area contributed by atoms with Crippen LogP contribution in [0.1, 0.15) is 41.0 Å². The van der Waals surface area contributed by atoms with Crippen molar-refractivity contribution >= 4 is 35.8 Å². The van der Waals surface area contributed by atoms with E-state index < -0.39 is 0 Å². The number of rotatable bonds is 8. The van der Waals surface area contributed by atoms with Gasteiger partial charge in [-0.3, -0.25) is 4.79 Å². The van der Waals surface area contributed by atoms with Gasteiger partial charge in [0.05, 0.1) is 18.8 Å². The molecule has 3 aromatic rings. The molecule has 0 atom stereocenters. The first kappa shape index (κ1) is 25.4. The number of aryl methyl sites for hydroxylation is 1. The second-order valence-electron chi connectivity index (χ2n) is 7.12. The number of hydrogen-bond acceptors (Lipinski definition) is 4. The van der Waals surface area contributed by atoms with Gasteiger partial charge in [-0.25, -0.2) is 9.98 Å². The van der Waals surface area contributed by atoms with Crippen molar-refractivity contribution in [3.8, 4) is 11.5 Å². The highest BCUT2D eigenvalue weighted by Crippen LogP contribution is 2.19. The van der Waals surface area contributed by atoms with Crippen LogP contribution in [-0.2, 0) is 13.1 Å². The molecule has 0 bridgehead atoms. The standard InChI is InChI=1S/C24H29N5O2.HI/c1-4-25-22(30)19-12-8-18(9-13-19)14-27-24(26-5-2)28-15-21-16-31-23(29-21)20-10-6-17(3)7-11-20;/h6-13,16H,4-5,14-15H2,1-3H3,(H,25,30)(H2,26,27,28);1H. The summed E-state index contributed by atoms with van der Waals surface area (Å²) >= 11 is 0. The molecule has 0 aliphatic carbocycles. The minimum atomic E-state index is -0.0647. The van der Waals surface area contributed by atoms with Crippen LogP contribution in [0.25, 0.3) is 11.5 Å². The van der Waals surface area contributed by atoms with Gasteiger partial charge in [-0.05, 0) is 50.6 Å². The highest BCUT2D eigenvalue weighted by molar-refractivity contribution is 14.0. The van der Waals surface area contributed by atoms with E-state index in [1.54, 1.807) is 6.26 Å². The minimum Gasteiger partial charge on any atom is -0.444 e. The molecule has 0 radical (unpaired) electrons. The Kier molecular flexibility index (Phi) is 10.2. The Bertz CT molecular complexity index is 1010. The first-order chi connectivity index (χ1) is 15.1. The van der Waals surface area contributed by atoms with E-state index in [9.17, 15) is 4.79 Å². The lowest BCUT2D eigenvalue weighted by Crippen LogP contribution is -2.36. The zero-order valence-electron chi connectivity index (χ0n) is 18.6. The van der Waals surface area contributed by atoms with Crippen LogP contribution in [0.3, 0.4) is 0 Å². The summed E-state index contributed by atoms with van der Waals surface area (Å²) in [5, 5.41) is 9.31. The average molecular weight is 547 g/mol. The molecule has 0 aliphatic heterocycles. The molecule has 170 valence electrons. The minimum absolute atomic E-state index is 0. The Hall–Kier alpha value is -2.88. The zero-order valence-corrected chi connectivity index (χ0v) is 21.0. The summed E-state index contributed by atoms with van der Waals surface area (Å²) in [6.07, 6.45) is 1.66. The molecule has 0 saturated heterocycles. The number of nitrogens with zero attached hydrogens (tertiary/aromatic N) is 2. The molecule has 3 N–H and O–H groups in total. The highest BCUT2D eigenvalue weighted by Gasteiger charge is 2.08. The van der Waals surface area contributed by atoms with E-state index in [0.717, 1.165) is 23.4 Å². The van der Waals surface area contributed by atoms with Gasteiger partial charge >= 0.3 is 0 Å². The predicted molar refractivity (Wildman–Crippen MR) is 138 cm³/mol. The van der Waals surface area contributed by atoms with Crippen molar-refractivity contribution < 1.29 is 9.21 Å². The van der Waals surface area contributed by atoms with Crippen molar-refractivity contribution in [2.24, 2.45) is 4.99 Å². The summed E-state index contributed by atoms with van der Waals surface area (Å²) in [7, 11) is 0. The predicted octanol–water partition coefficient (Wildman–Crippen LogP) is 4.27. The zero-order chi connectivity index (χ0) is 22.1. The molecule has 0 unspecified atom stereocenters. The molecule has 0 saturated carbocycles. The summed E-state index contributed by atoms with van der Waals surface area (Å²) in [6.45, 7) is 8.32. The van der Waals surface area contributed by atoms with Gasteiger partial charge in [0.15, 0.2) is 5.96 Å². The van der Waals surface area contributed by atoms with E-state index in [1.165, 1.54) is 5.56 Å². The number of oxazole rings is 1. The maximum Gasteiger partial charge on any atom is 0.251 e. The summed E-state index contributed by atoms with van der Waals surface area (Å²) in [4.78, 5) is 21.0. The highest BCUT2D eigenvalue weighted by atomic mass is 127. The summed E-state index contributed by atoms with van der Waals surface area (Å²) in [5.41, 5.74) is 4.62. The van der Waals surface area contributed by atoms with Crippen LogP contribution >= 0.6 is 24.0 Å². The fourth-order valence-electron chi connectivity index (χ4n) is 2.93. The summed E-state index contributed by atoms with van der Waals surface area (Å²) in [6, 6.07) is 15.6. The first-order valence-corrected chi connectivity index (χ1v) is 10.5. The fraction of sp³-hybridized carbons (Fsp3) is 0.292. The van der Waals surface area contributed by atoms with Gasteiger partial charge in [0, 0.05) is 24.2 Å². The normalized spacial score (nSPS) is 10.9. The van der Waals surface area contributed by atoms with Gasteiger partial charge in [-0.1, -0.05) is 29.8 Å². The topological polar surface area (TPSA) is 91.5 Å². The molecular weight excluding hydrogens is 517 g/mol. The number of aliphatic imine (C=N–C) groups is 1. The van der Waals surface area contributed by atoms with E-state index >= 15 is 0 Å². The first-order valence-electron chi connectivity index (χ1n) is 10.5. The van der Waals surface area contributed by atoms with Crippen LogP contribution in [0.2, 0.25) is 0 Å². The Morgan fingerprint density at radius 3 is 2.31 bits per heavy atom. The Labute approximate surface area is 206 Å². The average Bonchev–Trinajstić information content (AvgIpc) is 3.26. The molecule has 8 heteroatoms. The molecule has 7 nitrogen and oxygen atoms in total.